The smallest absolute Gasteiger partial charge is 0.243 e. The number of benzene rings is 1. The van der Waals surface area contributed by atoms with Gasteiger partial charge in [0.1, 0.15) is 0 Å². The number of nitrogens with two attached hydrogens (primary N) is 1. The molecule has 1 amide bonds. The standard InChI is InChI=1S/C12H15ClN2O/c13-11-5-2-10(3-6-11)4-7-12(16)15-9-1-8-14/h2-7H,1,8-9,14H2,(H,15,16)/b7-4+. The van der Waals surface area contributed by atoms with Gasteiger partial charge in [-0.15, -0.1) is 0 Å². The van der Waals surface area contributed by atoms with Crippen LogP contribution in [0.3, 0.4) is 0 Å². The predicted molar refractivity (Wildman–Crippen MR) is 67.2 cm³/mol. The van der Waals surface area contributed by atoms with Gasteiger partial charge in [0, 0.05) is 17.6 Å². The van der Waals surface area contributed by atoms with Crippen LogP contribution in [0.15, 0.2) is 30.3 Å². The van der Waals surface area contributed by atoms with Crippen molar-refractivity contribution < 1.29 is 4.79 Å². The minimum atomic E-state index is -0.108. The van der Waals surface area contributed by atoms with E-state index < -0.39 is 0 Å². The molecule has 0 spiro atoms. The van der Waals surface area contributed by atoms with Crippen LogP contribution < -0.4 is 11.1 Å². The zero-order valence-corrected chi connectivity index (χ0v) is 9.70. The second kappa shape index (κ2) is 7.04. The van der Waals surface area contributed by atoms with Crippen molar-refractivity contribution in [3.63, 3.8) is 0 Å². The summed E-state index contributed by atoms with van der Waals surface area (Å²) in [5.74, 6) is -0.108. The van der Waals surface area contributed by atoms with Crippen LogP contribution in [0.5, 0.6) is 0 Å². The van der Waals surface area contributed by atoms with Crippen molar-refractivity contribution in [3.8, 4) is 0 Å². The summed E-state index contributed by atoms with van der Waals surface area (Å²) in [7, 11) is 0. The number of carbonyl (C=O) groups is 1. The van der Waals surface area contributed by atoms with Crippen molar-refractivity contribution in [2.24, 2.45) is 5.73 Å². The third-order valence-electron chi connectivity index (χ3n) is 1.98. The van der Waals surface area contributed by atoms with Gasteiger partial charge in [-0.3, -0.25) is 4.79 Å². The molecule has 1 rings (SSSR count). The predicted octanol–water partition coefficient (Wildman–Crippen LogP) is 1.82. The fourth-order valence-corrected chi connectivity index (χ4v) is 1.24. The molecule has 0 aliphatic heterocycles. The van der Waals surface area contributed by atoms with E-state index in [0.717, 1.165) is 12.0 Å². The van der Waals surface area contributed by atoms with Crippen LogP contribution in [-0.4, -0.2) is 19.0 Å². The third kappa shape index (κ3) is 4.96. The lowest BCUT2D eigenvalue weighted by Crippen LogP contribution is -2.23. The number of halogens is 1. The topological polar surface area (TPSA) is 55.1 Å². The highest BCUT2D eigenvalue weighted by Crippen LogP contribution is 2.10. The normalized spacial score (nSPS) is 10.6. The van der Waals surface area contributed by atoms with Gasteiger partial charge in [-0.2, -0.15) is 0 Å². The molecule has 0 aliphatic carbocycles. The van der Waals surface area contributed by atoms with E-state index in [-0.39, 0.29) is 5.91 Å². The minimum Gasteiger partial charge on any atom is -0.353 e. The van der Waals surface area contributed by atoms with Gasteiger partial charge in [0.15, 0.2) is 0 Å². The lowest BCUT2D eigenvalue weighted by atomic mass is 10.2. The molecule has 0 radical (unpaired) electrons. The van der Waals surface area contributed by atoms with E-state index >= 15 is 0 Å². The number of amides is 1. The van der Waals surface area contributed by atoms with Crippen LogP contribution in [0.4, 0.5) is 0 Å². The first-order chi connectivity index (χ1) is 7.72. The van der Waals surface area contributed by atoms with Gasteiger partial charge in [0.2, 0.25) is 5.91 Å². The Bertz CT molecular complexity index is 360. The summed E-state index contributed by atoms with van der Waals surface area (Å²) >= 11 is 5.74. The Morgan fingerprint density at radius 1 is 1.38 bits per heavy atom. The minimum absolute atomic E-state index is 0.108. The van der Waals surface area contributed by atoms with Crippen LogP contribution in [-0.2, 0) is 4.79 Å². The highest BCUT2D eigenvalue weighted by molar-refractivity contribution is 6.30. The molecular weight excluding hydrogens is 224 g/mol. The van der Waals surface area contributed by atoms with Crippen molar-refractivity contribution in [3.05, 3.63) is 40.9 Å². The summed E-state index contributed by atoms with van der Waals surface area (Å²) in [5.41, 5.74) is 6.26. The molecule has 0 atom stereocenters. The lowest BCUT2D eigenvalue weighted by Gasteiger charge is -1.99. The summed E-state index contributed by atoms with van der Waals surface area (Å²) in [4.78, 5) is 11.3. The largest absolute Gasteiger partial charge is 0.353 e. The molecule has 1 aromatic carbocycles. The Morgan fingerprint density at radius 3 is 2.69 bits per heavy atom. The number of carbonyl (C=O) groups excluding carboxylic acids is 1. The molecule has 3 nitrogen and oxygen atoms in total. The van der Waals surface area contributed by atoms with E-state index in [1.807, 2.05) is 12.1 Å². The van der Waals surface area contributed by atoms with Crippen molar-refractivity contribution in [1.29, 1.82) is 0 Å². The quantitative estimate of drug-likeness (QED) is 0.607. The van der Waals surface area contributed by atoms with E-state index in [2.05, 4.69) is 5.32 Å². The highest BCUT2D eigenvalue weighted by atomic mass is 35.5. The van der Waals surface area contributed by atoms with E-state index in [4.69, 9.17) is 17.3 Å². The Balaban J connectivity index is 2.41. The Kier molecular flexibility index (Phi) is 5.61. The van der Waals surface area contributed by atoms with Crippen LogP contribution in [0.2, 0.25) is 5.02 Å². The molecule has 0 saturated carbocycles. The molecule has 0 aliphatic rings. The molecule has 16 heavy (non-hydrogen) atoms. The molecule has 0 aromatic heterocycles. The van der Waals surface area contributed by atoms with Crippen molar-refractivity contribution in [2.45, 2.75) is 6.42 Å². The zero-order valence-electron chi connectivity index (χ0n) is 8.95. The SMILES string of the molecule is NCCCNC(=O)/C=C/c1ccc(Cl)cc1. The third-order valence-corrected chi connectivity index (χ3v) is 2.23. The fourth-order valence-electron chi connectivity index (χ4n) is 1.12. The number of nitrogens with one attached hydrogen (secondary N) is 1. The monoisotopic (exact) mass is 238 g/mol. The average molecular weight is 239 g/mol. The first-order valence-electron chi connectivity index (χ1n) is 5.14. The second-order valence-electron chi connectivity index (χ2n) is 3.32. The van der Waals surface area contributed by atoms with Gasteiger partial charge < -0.3 is 11.1 Å². The molecule has 86 valence electrons. The summed E-state index contributed by atoms with van der Waals surface area (Å²) in [6, 6.07) is 7.28. The van der Waals surface area contributed by atoms with Gasteiger partial charge in [0.25, 0.3) is 0 Å². The van der Waals surface area contributed by atoms with Crippen LogP contribution >= 0.6 is 11.6 Å². The van der Waals surface area contributed by atoms with E-state index in [9.17, 15) is 4.79 Å². The molecule has 3 N–H and O–H groups in total. The number of rotatable bonds is 5. The van der Waals surface area contributed by atoms with Crippen LogP contribution in [0.1, 0.15) is 12.0 Å². The van der Waals surface area contributed by atoms with E-state index in [1.54, 1.807) is 18.2 Å². The Hall–Kier alpha value is -1.32. The van der Waals surface area contributed by atoms with Crippen LogP contribution in [0, 0.1) is 0 Å². The summed E-state index contributed by atoms with van der Waals surface area (Å²) in [5, 5.41) is 3.42. The number of hydrogen-bond acceptors (Lipinski definition) is 2. The zero-order chi connectivity index (χ0) is 11.8. The maximum absolute atomic E-state index is 11.3. The molecule has 4 heteroatoms. The van der Waals surface area contributed by atoms with E-state index in [1.165, 1.54) is 6.08 Å². The summed E-state index contributed by atoms with van der Waals surface area (Å²) in [6.07, 6.45) is 4.04. The van der Waals surface area contributed by atoms with Crippen LogP contribution in [0.25, 0.3) is 6.08 Å². The lowest BCUT2D eigenvalue weighted by molar-refractivity contribution is -0.116. The average Bonchev–Trinajstić information content (AvgIpc) is 2.29. The first-order valence-corrected chi connectivity index (χ1v) is 5.51. The fraction of sp³-hybridized carbons (Fsp3) is 0.250. The molecule has 0 fully saturated rings. The maximum Gasteiger partial charge on any atom is 0.243 e. The second-order valence-corrected chi connectivity index (χ2v) is 3.75. The van der Waals surface area contributed by atoms with Gasteiger partial charge in [-0.05, 0) is 36.7 Å². The van der Waals surface area contributed by atoms with Crippen molar-refractivity contribution in [1.82, 2.24) is 5.32 Å². The Morgan fingerprint density at radius 2 is 2.06 bits per heavy atom. The highest BCUT2D eigenvalue weighted by Gasteiger charge is 1.93. The molecule has 1 aromatic rings. The van der Waals surface area contributed by atoms with Gasteiger partial charge in [-0.25, -0.2) is 0 Å². The molecule has 0 bridgehead atoms. The first kappa shape index (κ1) is 12.7. The van der Waals surface area contributed by atoms with Gasteiger partial charge in [0.05, 0.1) is 0 Å². The van der Waals surface area contributed by atoms with Gasteiger partial charge >= 0.3 is 0 Å². The van der Waals surface area contributed by atoms with E-state index in [0.29, 0.717) is 18.1 Å². The summed E-state index contributed by atoms with van der Waals surface area (Å²) in [6.45, 7) is 1.20. The van der Waals surface area contributed by atoms with Crippen molar-refractivity contribution >= 4 is 23.6 Å². The molecule has 0 unspecified atom stereocenters. The molecule has 0 saturated heterocycles. The Labute approximate surface area is 100 Å². The molecular formula is C12H15ClN2O. The summed E-state index contributed by atoms with van der Waals surface area (Å²) < 4.78 is 0. The van der Waals surface area contributed by atoms with Gasteiger partial charge in [-0.1, -0.05) is 23.7 Å². The maximum atomic E-state index is 11.3. The number of hydrogen-bond donors (Lipinski definition) is 2. The van der Waals surface area contributed by atoms with Crippen molar-refractivity contribution in [2.75, 3.05) is 13.1 Å². The molecule has 0 heterocycles.